The van der Waals surface area contributed by atoms with Crippen molar-refractivity contribution in [3.05, 3.63) is 47.4 Å². The number of hydrogen-bond donors (Lipinski definition) is 2. The molecule has 5 rings (SSSR count). The van der Waals surface area contributed by atoms with E-state index in [1.807, 2.05) is 19.1 Å². The Balaban J connectivity index is 1.36. The average Bonchev–Trinajstić information content (AvgIpc) is 3.44. The molecule has 0 bridgehead atoms. The van der Waals surface area contributed by atoms with Gasteiger partial charge in [-0.15, -0.1) is 11.8 Å². The number of aromatic nitrogens is 3. The predicted octanol–water partition coefficient (Wildman–Crippen LogP) is -1.55. The first-order valence-electron chi connectivity index (χ1n) is 10.6. The molecule has 0 spiro atoms. The van der Waals surface area contributed by atoms with Crippen LogP contribution >= 0.6 is 11.8 Å². The Morgan fingerprint density at radius 2 is 2.28 bits per heavy atom. The summed E-state index contributed by atoms with van der Waals surface area (Å²) in [5.41, 5.74) is 5.97. The van der Waals surface area contributed by atoms with Gasteiger partial charge in [-0.1, -0.05) is 10.3 Å². The summed E-state index contributed by atoms with van der Waals surface area (Å²) in [5.74, 6) is -2.08. The highest BCUT2D eigenvalue weighted by Gasteiger charge is 2.53. The first kappa shape index (κ1) is 23.3. The number of nitrogens with two attached hydrogens (primary N) is 1. The van der Waals surface area contributed by atoms with Gasteiger partial charge in [0.15, 0.2) is 18.3 Å². The molecule has 3 aromatic rings. The van der Waals surface area contributed by atoms with Crippen LogP contribution in [-0.2, 0) is 25.8 Å². The van der Waals surface area contributed by atoms with Gasteiger partial charge in [0.05, 0.1) is 11.7 Å². The Morgan fingerprint density at radius 3 is 2.97 bits per heavy atom. The molecular formula is C21H19N7O7S. The Kier molecular flexibility index (Phi) is 5.83. The number of hydrogen-bond acceptors (Lipinski definition) is 12. The number of carbonyl (C=O) groups excluding carboxylic acids is 3. The van der Waals surface area contributed by atoms with E-state index in [-0.39, 0.29) is 29.8 Å². The minimum absolute atomic E-state index is 0.212. The molecule has 0 aromatic carbocycles. The molecule has 1 fully saturated rings. The number of nitrogens with zero attached hydrogens (tertiary/aromatic N) is 5. The van der Waals surface area contributed by atoms with Crippen LogP contribution in [0.4, 0.5) is 6.01 Å². The molecule has 0 saturated carbocycles. The topological polar surface area (TPSA) is 193 Å². The van der Waals surface area contributed by atoms with Crippen molar-refractivity contribution in [3.8, 4) is 0 Å². The number of anilines is 1. The number of fused-ring (bicyclic) bond motifs is 2. The van der Waals surface area contributed by atoms with Crippen molar-refractivity contribution in [3.63, 3.8) is 0 Å². The smallest absolute Gasteiger partial charge is 0.319 e. The van der Waals surface area contributed by atoms with E-state index >= 15 is 0 Å². The van der Waals surface area contributed by atoms with Gasteiger partial charge in [-0.05, 0) is 13.0 Å². The number of oxime groups is 1. The first-order chi connectivity index (χ1) is 17.3. The van der Waals surface area contributed by atoms with Crippen LogP contribution in [0.3, 0.4) is 0 Å². The number of thioether (sulfide) groups is 1. The molecule has 2 aliphatic heterocycles. The van der Waals surface area contributed by atoms with Crippen molar-refractivity contribution in [1.29, 1.82) is 0 Å². The van der Waals surface area contributed by atoms with Crippen LogP contribution in [-0.4, -0.2) is 62.8 Å². The van der Waals surface area contributed by atoms with Crippen molar-refractivity contribution in [1.82, 2.24) is 20.4 Å². The summed E-state index contributed by atoms with van der Waals surface area (Å²) in [4.78, 5) is 47.3. The Hall–Kier alpha value is -4.40. The lowest BCUT2D eigenvalue weighted by molar-refractivity contribution is -0.688. The maximum absolute atomic E-state index is 13.0. The second kappa shape index (κ2) is 8.99. The van der Waals surface area contributed by atoms with Gasteiger partial charge < -0.3 is 34.7 Å². The molecule has 2 aliphatic rings. The molecule has 186 valence electrons. The van der Waals surface area contributed by atoms with E-state index in [0.717, 1.165) is 16.0 Å². The summed E-state index contributed by atoms with van der Waals surface area (Å²) in [6.07, 6.45) is 3.57. The molecule has 1 unspecified atom stereocenters. The minimum atomic E-state index is -1.48. The number of carboxylic acid groups (broad SMARTS) is 1. The SMILES string of the molecule is CO/N=C(\C(=O)NC1C(=O)N2C(C(=O)[O-])=C(C[n+]3ccc4cc(C)oc4c3)CS[C@H]12)c1noc(N)n1. The first-order valence-corrected chi connectivity index (χ1v) is 11.6. The Morgan fingerprint density at radius 1 is 1.47 bits per heavy atom. The lowest BCUT2D eigenvalue weighted by Gasteiger charge is -2.50. The van der Waals surface area contributed by atoms with E-state index in [9.17, 15) is 19.5 Å². The van der Waals surface area contributed by atoms with Gasteiger partial charge >= 0.3 is 6.01 Å². The zero-order valence-electron chi connectivity index (χ0n) is 19.0. The fourth-order valence-corrected chi connectivity index (χ4v) is 5.42. The third-order valence-electron chi connectivity index (χ3n) is 5.59. The lowest BCUT2D eigenvalue weighted by Crippen LogP contribution is -2.71. The van der Waals surface area contributed by atoms with E-state index in [0.29, 0.717) is 16.9 Å². The van der Waals surface area contributed by atoms with Crippen LogP contribution in [0.2, 0.25) is 0 Å². The molecule has 15 heteroatoms. The monoisotopic (exact) mass is 513 g/mol. The average molecular weight is 513 g/mol. The van der Waals surface area contributed by atoms with Crippen molar-refractivity contribution >= 4 is 52.2 Å². The van der Waals surface area contributed by atoms with Crippen molar-refractivity contribution < 1.29 is 37.8 Å². The molecule has 0 radical (unpaired) electrons. The zero-order valence-corrected chi connectivity index (χ0v) is 19.8. The number of furan rings is 1. The summed E-state index contributed by atoms with van der Waals surface area (Å²) in [6.45, 7) is 2.05. The van der Waals surface area contributed by atoms with Crippen LogP contribution in [0.25, 0.3) is 11.0 Å². The Bertz CT molecular complexity index is 1460. The third kappa shape index (κ3) is 4.02. The highest BCUT2D eigenvalue weighted by Crippen LogP contribution is 2.40. The molecule has 0 aliphatic carbocycles. The van der Waals surface area contributed by atoms with Gasteiger partial charge in [0.2, 0.25) is 17.7 Å². The fourth-order valence-electron chi connectivity index (χ4n) is 4.08. The lowest BCUT2D eigenvalue weighted by atomic mass is 10.0. The maximum Gasteiger partial charge on any atom is 0.319 e. The van der Waals surface area contributed by atoms with Crippen LogP contribution in [0.1, 0.15) is 11.6 Å². The molecule has 2 atom stereocenters. The molecule has 2 amide bonds. The fraction of sp³-hybridized carbons (Fsp3) is 0.286. The van der Waals surface area contributed by atoms with Gasteiger partial charge in [-0.2, -0.15) is 9.55 Å². The molecule has 3 aromatic heterocycles. The molecule has 5 heterocycles. The van der Waals surface area contributed by atoms with Gasteiger partial charge in [-0.25, -0.2) is 0 Å². The van der Waals surface area contributed by atoms with Gasteiger partial charge in [0, 0.05) is 22.8 Å². The minimum Gasteiger partial charge on any atom is -0.543 e. The number of aliphatic carboxylic acids is 1. The maximum atomic E-state index is 13.0. The van der Waals surface area contributed by atoms with Crippen LogP contribution in [0.5, 0.6) is 0 Å². The second-order valence-electron chi connectivity index (χ2n) is 7.97. The summed E-state index contributed by atoms with van der Waals surface area (Å²) < 4.78 is 12.1. The number of carboxylic acids is 1. The largest absolute Gasteiger partial charge is 0.543 e. The molecule has 36 heavy (non-hydrogen) atoms. The van der Waals surface area contributed by atoms with Crippen LogP contribution in [0.15, 0.2) is 49.9 Å². The molecule has 1 saturated heterocycles. The van der Waals surface area contributed by atoms with Gasteiger partial charge in [-0.3, -0.25) is 14.5 Å². The highest BCUT2D eigenvalue weighted by molar-refractivity contribution is 8.00. The second-order valence-corrected chi connectivity index (χ2v) is 9.08. The van der Waals surface area contributed by atoms with Gasteiger partial charge in [0.25, 0.3) is 11.8 Å². The number of β-lactam (4-membered cyclic amide) rings is 1. The number of amides is 2. The van der Waals surface area contributed by atoms with Crippen molar-refractivity contribution in [2.24, 2.45) is 5.16 Å². The number of rotatable bonds is 7. The van der Waals surface area contributed by atoms with Crippen LogP contribution < -0.4 is 20.7 Å². The zero-order chi connectivity index (χ0) is 25.6. The quantitative estimate of drug-likeness (QED) is 0.161. The third-order valence-corrected chi connectivity index (χ3v) is 6.93. The van der Waals surface area contributed by atoms with E-state index in [1.165, 1.54) is 18.9 Å². The predicted molar refractivity (Wildman–Crippen MR) is 120 cm³/mol. The van der Waals surface area contributed by atoms with E-state index in [1.54, 1.807) is 17.0 Å². The van der Waals surface area contributed by atoms with Gasteiger partial charge in [0.1, 0.15) is 24.3 Å². The summed E-state index contributed by atoms with van der Waals surface area (Å²) >= 11 is 1.31. The number of nitrogen functional groups attached to an aromatic ring is 1. The molecular weight excluding hydrogens is 494 g/mol. The Labute approximate surface area is 206 Å². The summed E-state index contributed by atoms with van der Waals surface area (Å²) in [7, 11) is 1.21. The van der Waals surface area contributed by atoms with E-state index in [2.05, 4.69) is 30.0 Å². The van der Waals surface area contributed by atoms with E-state index in [4.69, 9.17) is 10.2 Å². The number of aryl methyl sites for hydroxylation is 1. The van der Waals surface area contributed by atoms with Crippen molar-refractivity contribution in [2.45, 2.75) is 24.9 Å². The number of nitrogens with one attached hydrogen (secondary N) is 1. The molecule has 3 N–H and O–H groups in total. The van der Waals surface area contributed by atoms with E-state index < -0.39 is 29.2 Å². The molecule has 14 nitrogen and oxygen atoms in total. The normalized spacial score (nSPS) is 19.8. The summed E-state index contributed by atoms with van der Waals surface area (Å²) in [5, 5.41) is 22.0. The number of carbonyl (C=O) groups is 3. The standard InChI is InChI=1S/C21H19N7O7S/c1-9-5-10-3-4-27(7-12(10)34-9)6-11-8-36-19-14(18(30)28(19)15(11)20(31)32)23-17(29)13(25-33-2)16-24-21(22)35-26-16/h3-5,7,14,19H,6,8H2,1-2H3,(H3-,22,23,24,26,29,31,32)/b25-13-/t14?,19-/m1/s1. The summed E-state index contributed by atoms with van der Waals surface area (Å²) in [6, 6.07) is 2.46. The number of pyridine rings is 1. The van der Waals surface area contributed by atoms with Crippen molar-refractivity contribution in [2.75, 3.05) is 18.6 Å². The van der Waals surface area contributed by atoms with Crippen LogP contribution in [0, 0.1) is 6.92 Å². The highest BCUT2D eigenvalue weighted by atomic mass is 32.2.